The van der Waals surface area contributed by atoms with Crippen molar-refractivity contribution >= 4 is 52.3 Å². The molecule has 0 saturated heterocycles. The van der Waals surface area contributed by atoms with E-state index >= 15 is 0 Å². The highest BCUT2D eigenvalue weighted by Crippen LogP contribution is 2.17. The number of aromatic nitrogens is 4. The summed E-state index contributed by atoms with van der Waals surface area (Å²) in [6.07, 6.45) is 9.22. The SMILES string of the molecule is C1=Cc2cc3ccc(cc4ccc(cc5nc(cc1n2)C=C5)[nH]4)[nH]3.CCCN[C@@H](CCO)C(=O)O. The Morgan fingerprint density at radius 1 is 0.829 bits per heavy atom. The third-order valence-corrected chi connectivity index (χ3v) is 5.40. The molecule has 5 heterocycles. The van der Waals surface area contributed by atoms with Crippen LogP contribution in [0.5, 0.6) is 0 Å². The van der Waals surface area contributed by atoms with Gasteiger partial charge >= 0.3 is 5.97 Å². The van der Waals surface area contributed by atoms with Gasteiger partial charge in [0.25, 0.3) is 0 Å². The first-order valence-electron chi connectivity index (χ1n) is 11.6. The number of aliphatic hydroxyl groups excluding tert-OH is 1. The predicted molar refractivity (Wildman–Crippen MR) is 140 cm³/mol. The fourth-order valence-corrected chi connectivity index (χ4v) is 3.70. The van der Waals surface area contributed by atoms with Crippen LogP contribution in [0.25, 0.3) is 46.4 Å². The summed E-state index contributed by atoms with van der Waals surface area (Å²) in [6, 6.07) is 15.8. The van der Waals surface area contributed by atoms with Crippen LogP contribution in [-0.4, -0.2) is 55.3 Å². The van der Waals surface area contributed by atoms with Gasteiger partial charge in [0.2, 0.25) is 0 Å². The number of carbonyl (C=O) groups is 1. The Hall–Kier alpha value is -4.01. The molecule has 180 valence electrons. The summed E-state index contributed by atoms with van der Waals surface area (Å²) in [4.78, 5) is 26.4. The van der Waals surface area contributed by atoms with E-state index in [0.29, 0.717) is 6.54 Å². The Kier molecular flexibility index (Phi) is 7.87. The highest BCUT2D eigenvalue weighted by Gasteiger charge is 2.14. The highest BCUT2D eigenvalue weighted by molar-refractivity contribution is 5.77. The van der Waals surface area contributed by atoms with Gasteiger partial charge in [-0.05, 0) is 92.2 Å². The van der Waals surface area contributed by atoms with Crippen molar-refractivity contribution in [2.24, 2.45) is 0 Å². The summed E-state index contributed by atoms with van der Waals surface area (Å²) in [5.74, 6) is -0.896. The number of aliphatic carboxylic acids is 1. The highest BCUT2D eigenvalue weighted by atomic mass is 16.4. The minimum Gasteiger partial charge on any atom is -0.480 e. The largest absolute Gasteiger partial charge is 0.480 e. The lowest BCUT2D eigenvalue weighted by Gasteiger charge is -2.11. The van der Waals surface area contributed by atoms with Crippen molar-refractivity contribution in [1.82, 2.24) is 25.3 Å². The second-order valence-corrected chi connectivity index (χ2v) is 8.26. The van der Waals surface area contributed by atoms with Gasteiger partial charge in [0.15, 0.2) is 0 Å². The Bertz CT molecular complexity index is 1310. The van der Waals surface area contributed by atoms with Gasteiger partial charge < -0.3 is 25.5 Å². The molecule has 0 fully saturated rings. The number of hydrogen-bond donors (Lipinski definition) is 5. The number of rotatable bonds is 6. The zero-order valence-corrected chi connectivity index (χ0v) is 19.5. The lowest BCUT2D eigenvalue weighted by atomic mass is 10.2. The molecule has 3 aromatic heterocycles. The van der Waals surface area contributed by atoms with E-state index in [1.165, 1.54) is 0 Å². The number of H-pyrrole nitrogens is 2. The van der Waals surface area contributed by atoms with E-state index in [0.717, 1.165) is 51.3 Å². The molecule has 0 amide bonds. The van der Waals surface area contributed by atoms with Crippen LogP contribution in [0, 0.1) is 0 Å². The van der Waals surface area contributed by atoms with E-state index in [-0.39, 0.29) is 13.0 Å². The third kappa shape index (κ3) is 6.75. The van der Waals surface area contributed by atoms with Gasteiger partial charge in [0, 0.05) is 28.7 Å². The Labute approximate surface area is 203 Å². The number of aromatic amines is 2. The van der Waals surface area contributed by atoms with Gasteiger partial charge in [-0.15, -0.1) is 0 Å². The Balaban J connectivity index is 0.000000225. The van der Waals surface area contributed by atoms with Gasteiger partial charge in [0.1, 0.15) is 6.04 Å². The first-order chi connectivity index (χ1) is 17.0. The number of aliphatic hydroxyl groups is 1. The molecule has 0 aromatic carbocycles. The summed E-state index contributed by atoms with van der Waals surface area (Å²) in [5.41, 5.74) is 7.86. The van der Waals surface area contributed by atoms with Gasteiger partial charge in [-0.3, -0.25) is 4.79 Å². The zero-order valence-electron chi connectivity index (χ0n) is 19.5. The summed E-state index contributed by atoms with van der Waals surface area (Å²) in [6.45, 7) is 2.55. The maximum absolute atomic E-state index is 10.4. The van der Waals surface area contributed by atoms with Crippen molar-refractivity contribution in [3.8, 4) is 0 Å². The van der Waals surface area contributed by atoms with Crippen molar-refractivity contribution in [2.75, 3.05) is 13.2 Å². The minimum atomic E-state index is -0.896. The second-order valence-electron chi connectivity index (χ2n) is 8.26. The number of nitrogens with one attached hydrogen (secondary N) is 3. The summed E-state index contributed by atoms with van der Waals surface area (Å²) in [7, 11) is 0. The summed E-state index contributed by atoms with van der Waals surface area (Å²) in [5, 5.41) is 19.8. The van der Waals surface area contributed by atoms with Crippen molar-refractivity contribution in [3.63, 3.8) is 0 Å². The quantitative estimate of drug-likeness (QED) is 0.249. The molecule has 1 atom stereocenters. The van der Waals surface area contributed by atoms with Gasteiger partial charge in [-0.2, -0.15) is 0 Å². The maximum Gasteiger partial charge on any atom is 0.320 e. The predicted octanol–water partition coefficient (Wildman–Crippen LogP) is 4.48. The van der Waals surface area contributed by atoms with Crippen LogP contribution in [0.4, 0.5) is 0 Å². The van der Waals surface area contributed by atoms with Gasteiger partial charge in [0.05, 0.1) is 22.8 Å². The van der Waals surface area contributed by atoms with Crippen molar-refractivity contribution in [1.29, 1.82) is 0 Å². The Morgan fingerprint density at radius 2 is 1.29 bits per heavy atom. The molecule has 8 nitrogen and oxygen atoms in total. The van der Waals surface area contributed by atoms with Crippen molar-refractivity contribution in [3.05, 3.63) is 71.3 Å². The third-order valence-electron chi connectivity index (χ3n) is 5.40. The molecule has 0 spiro atoms. The smallest absolute Gasteiger partial charge is 0.320 e. The average Bonchev–Trinajstić information content (AvgIpc) is 3.63. The molecule has 8 heteroatoms. The van der Waals surface area contributed by atoms with Gasteiger partial charge in [-0.1, -0.05) is 6.92 Å². The van der Waals surface area contributed by atoms with Crippen LogP contribution < -0.4 is 5.32 Å². The number of carboxylic acid groups (broad SMARTS) is 1. The molecule has 5 N–H and O–H groups in total. The lowest BCUT2D eigenvalue weighted by molar-refractivity contribution is -0.139. The molecule has 0 unspecified atom stereocenters. The fraction of sp³-hybridized carbons (Fsp3) is 0.222. The van der Waals surface area contributed by atoms with Crippen LogP contribution in [0.1, 0.15) is 42.5 Å². The molecular weight excluding hydrogens is 442 g/mol. The maximum atomic E-state index is 10.4. The van der Waals surface area contributed by atoms with E-state index in [9.17, 15) is 4.79 Å². The molecule has 0 saturated carbocycles. The second kappa shape index (κ2) is 11.4. The van der Waals surface area contributed by atoms with E-state index < -0.39 is 12.0 Å². The molecule has 3 aromatic rings. The molecule has 35 heavy (non-hydrogen) atoms. The molecule has 5 rings (SSSR count). The standard InChI is InChI=1S/C20H14N4.C7H15NO3/c1-2-14-10-16-5-6-18(23-16)12-20-8-7-19(24-20)11-17-4-3-15(22-17)9-13(1)21-14;1-2-4-8-6(3-5-9)7(10)11/h1-12,21-22H;6,8-9H,2-5H2,1H3,(H,10,11)/t;6-/m.0/s1. The molecular formula is C27H29N5O3. The molecule has 0 radical (unpaired) electrons. The van der Waals surface area contributed by atoms with Crippen molar-refractivity contribution < 1.29 is 15.0 Å². The first kappa shape index (κ1) is 24.1. The van der Waals surface area contributed by atoms with Crippen LogP contribution in [0.3, 0.4) is 0 Å². The summed E-state index contributed by atoms with van der Waals surface area (Å²) >= 11 is 0. The minimum absolute atomic E-state index is 0.0896. The van der Waals surface area contributed by atoms with E-state index in [2.05, 4.69) is 55.6 Å². The van der Waals surface area contributed by atoms with Crippen LogP contribution >= 0.6 is 0 Å². The monoisotopic (exact) mass is 471 g/mol. The number of nitrogens with zero attached hydrogens (tertiary/aromatic N) is 2. The molecule has 8 bridgehead atoms. The molecule has 0 aliphatic carbocycles. The van der Waals surface area contributed by atoms with Crippen molar-refractivity contribution in [2.45, 2.75) is 25.8 Å². The average molecular weight is 472 g/mol. The summed E-state index contributed by atoms with van der Waals surface area (Å²) < 4.78 is 0. The normalized spacial score (nSPS) is 12.7. The molecule has 2 aliphatic rings. The van der Waals surface area contributed by atoms with E-state index in [1.54, 1.807) is 0 Å². The topological polar surface area (TPSA) is 127 Å². The van der Waals surface area contributed by atoms with Crippen LogP contribution in [0.2, 0.25) is 0 Å². The number of hydrogen-bond acceptors (Lipinski definition) is 5. The lowest BCUT2D eigenvalue weighted by Crippen LogP contribution is -2.37. The molecule has 2 aliphatic heterocycles. The van der Waals surface area contributed by atoms with Gasteiger partial charge in [-0.25, -0.2) is 9.97 Å². The van der Waals surface area contributed by atoms with E-state index in [4.69, 9.17) is 10.2 Å². The van der Waals surface area contributed by atoms with Crippen LogP contribution in [-0.2, 0) is 4.79 Å². The number of carboxylic acids is 1. The zero-order chi connectivity index (χ0) is 24.6. The first-order valence-corrected chi connectivity index (χ1v) is 11.6. The Morgan fingerprint density at radius 3 is 1.71 bits per heavy atom. The number of fused-ring (bicyclic) bond motifs is 8. The fourth-order valence-electron chi connectivity index (χ4n) is 3.70. The van der Waals surface area contributed by atoms with E-state index in [1.807, 2.05) is 49.4 Å². The van der Waals surface area contributed by atoms with Crippen LogP contribution in [0.15, 0.2) is 48.5 Å².